The normalized spacial score (nSPS) is 13.4. The van der Waals surface area contributed by atoms with Crippen molar-refractivity contribution in [2.24, 2.45) is 10.9 Å². The minimum Gasteiger partial charge on any atom is -0.396 e. The Bertz CT molecular complexity index is 792. The van der Waals surface area contributed by atoms with E-state index in [0.717, 1.165) is 23.2 Å². The van der Waals surface area contributed by atoms with Gasteiger partial charge in [0.25, 0.3) is 0 Å². The van der Waals surface area contributed by atoms with E-state index in [4.69, 9.17) is 0 Å². The highest BCUT2D eigenvalue weighted by Crippen LogP contribution is 2.14. The Labute approximate surface area is 173 Å². The predicted octanol–water partition coefficient (Wildman–Crippen LogP) is 3.11. The van der Waals surface area contributed by atoms with Gasteiger partial charge in [0.15, 0.2) is 5.96 Å². The van der Waals surface area contributed by atoms with Crippen LogP contribution in [0.4, 0.5) is 5.69 Å². The maximum Gasteiger partial charge on any atom is 0.227 e. The van der Waals surface area contributed by atoms with Gasteiger partial charge in [-0.1, -0.05) is 56.3 Å². The van der Waals surface area contributed by atoms with E-state index in [1.54, 1.807) is 7.05 Å². The van der Waals surface area contributed by atoms with Crippen molar-refractivity contribution in [3.63, 3.8) is 0 Å². The summed E-state index contributed by atoms with van der Waals surface area (Å²) in [5.74, 6) is 0.678. The predicted molar refractivity (Wildman–Crippen MR) is 119 cm³/mol. The van der Waals surface area contributed by atoms with Crippen molar-refractivity contribution < 1.29 is 9.90 Å². The SMILES string of the molecule is CCC(C)C(=O)Nc1cccc(CNC(=NC)NCC(CO)c2ccccc2)c1. The lowest BCUT2D eigenvalue weighted by molar-refractivity contribution is -0.119. The molecule has 156 valence electrons. The van der Waals surface area contributed by atoms with Crippen molar-refractivity contribution in [3.8, 4) is 0 Å². The summed E-state index contributed by atoms with van der Waals surface area (Å²) in [6.45, 7) is 5.13. The first-order valence-electron chi connectivity index (χ1n) is 10.1. The fraction of sp³-hybridized carbons (Fsp3) is 0.391. The third-order valence-electron chi connectivity index (χ3n) is 4.95. The second-order valence-corrected chi connectivity index (χ2v) is 7.10. The lowest BCUT2D eigenvalue weighted by Crippen LogP contribution is -2.39. The summed E-state index contributed by atoms with van der Waals surface area (Å²) in [6, 6.07) is 17.7. The molecule has 4 N–H and O–H groups in total. The molecule has 0 aromatic heterocycles. The Hall–Kier alpha value is -2.86. The van der Waals surface area contributed by atoms with E-state index >= 15 is 0 Å². The van der Waals surface area contributed by atoms with Crippen LogP contribution < -0.4 is 16.0 Å². The number of benzene rings is 2. The zero-order chi connectivity index (χ0) is 21.1. The molecule has 0 saturated heterocycles. The summed E-state index contributed by atoms with van der Waals surface area (Å²) in [4.78, 5) is 16.3. The highest BCUT2D eigenvalue weighted by molar-refractivity contribution is 5.92. The third kappa shape index (κ3) is 7.23. The van der Waals surface area contributed by atoms with Crippen molar-refractivity contribution in [3.05, 3.63) is 65.7 Å². The fourth-order valence-corrected chi connectivity index (χ4v) is 2.85. The zero-order valence-corrected chi connectivity index (χ0v) is 17.5. The molecule has 2 rings (SSSR count). The summed E-state index contributed by atoms with van der Waals surface area (Å²) >= 11 is 0. The number of rotatable bonds is 9. The topological polar surface area (TPSA) is 85.8 Å². The minimum atomic E-state index is -0.0103. The molecule has 29 heavy (non-hydrogen) atoms. The average Bonchev–Trinajstić information content (AvgIpc) is 2.76. The van der Waals surface area contributed by atoms with Crippen molar-refractivity contribution in [2.45, 2.75) is 32.7 Å². The molecule has 0 fully saturated rings. The molecule has 0 radical (unpaired) electrons. The van der Waals surface area contributed by atoms with Crippen molar-refractivity contribution >= 4 is 17.6 Å². The smallest absolute Gasteiger partial charge is 0.227 e. The van der Waals surface area contributed by atoms with Crippen LogP contribution in [0.1, 0.15) is 37.3 Å². The van der Waals surface area contributed by atoms with E-state index in [2.05, 4.69) is 20.9 Å². The minimum absolute atomic E-state index is 0.00570. The monoisotopic (exact) mass is 396 g/mol. The molecule has 0 spiro atoms. The van der Waals surface area contributed by atoms with Crippen LogP contribution in [0.15, 0.2) is 59.6 Å². The highest BCUT2D eigenvalue weighted by Gasteiger charge is 2.12. The van der Waals surface area contributed by atoms with Crippen LogP contribution >= 0.6 is 0 Å². The van der Waals surface area contributed by atoms with Crippen LogP contribution in [-0.2, 0) is 11.3 Å². The van der Waals surface area contributed by atoms with Crippen molar-refractivity contribution in [2.75, 3.05) is 25.5 Å². The maximum atomic E-state index is 12.1. The quantitative estimate of drug-likeness (QED) is 0.388. The molecule has 2 aromatic rings. The van der Waals surface area contributed by atoms with Gasteiger partial charge in [-0.05, 0) is 29.7 Å². The van der Waals surface area contributed by atoms with Crippen LogP contribution in [0, 0.1) is 5.92 Å². The zero-order valence-electron chi connectivity index (χ0n) is 17.5. The lowest BCUT2D eigenvalue weighted by Gasteiger charge is -2.18. The molecule has 6 heteroatoms. The van der Waals surface area contributed by atoms with Gasteiger partial charge in [-0.15, -0.1) is 0 Å². The number of nitrogens with zero attached hydrogens (tertiary/aromatic N) is 1. The number of aliphatic imine (C=N–C) groups is 1. The average molecular weight is 397 g/mol. The van der Waals surface area contributed by atoms with Gasteiger partial charge in [0, 0.05) is 37.7 Å². The number of aliphatic hydroxyl groups is 1. The van der Waals surface area contributed by atoms with Crippen LogP contribution in [0.5, 0.6) is 0 Å². The van der Waals surface area contributed by atoms with Crippen LogP contribution in [-0.4, -0.2) is 37.2 Å². The van der Waals surface area contributed by atoms with Gasteiger partial charge in [0.1, 0.15) is 0 Å². The Morgan fingerprint density at radius 2 is 1.86 bits per heavy atom. The first-order valence-corrected chi connectivity index (χ1v) is 10.1. The highest BCUT2D eigenvalue weighted by atomic mass is 16.3. The Kier molecular flexibility index (Phi) is 9.18. The summed E-state index contributed by atoms with van der Waals surface area (Å²) in [7, 11) is 1.72. The number of nitrogens with one attached hydrogen (secondary N) is 3. The number of guanidine groups is 1. The lowest BCUT2D eigenvalue weighted by atomic mass is 10.0. The summed E-state index contributed by atoms with van der Waals surface area (Å²) in [6.07, 6.45) is 0.812. The molecule has 2 aromatic carbocycles. The first-order chi connectivity index (χ1) is 14.1. The Balaban J connectivity index is 1.89. The van der Waals surface area contributed by atoms with Gasteiger partial charge in [-0.3, -0.25) is 9.79 Å². The molecular weight excluding hydrogens is 364 g/mol. The second-order valence-electron chi connectivity index (χ2n) is 7.10. The van der Waals surface area contributed by atoms with Gasteiger partial charge >= 0.3 is 0 Å². The maximum absolute atomic E-state index is 12.1. The number of aliphatic hydroxyl groups excluding tert-OH is 1. The number of anilines is 1. The van der Waals surface area contributed by atoms with E-state index in [1.807, 2.05) is 68.4 Å². The summed E-state index contributed by atoms with van der Waals surface area (Å²) < 4.78 is 0. The van der Waals surface area contributed by atoms with E-state index in [-0.39, 0.29) is 24.3 Å². The number of amides is 1. The van der Waals surface area contributed by atoms with Crippen molar-refractivity contribution in [1.82, 2.24) is 10.6 Å². The van der Waals surface area contributed by atoms with E-state index < -0.39 is 0 Å². The fourth-order valence-electron chi connectivity index (χ4n) is 2.85. The van der Waals surface area contributed by atoms with Gasteiger partial charge < -0.3 is 21.1 Å². The van der Waals surface area contributed by atoms with Crippen molar-refractivity contribution in [1.29, 1.82) is 0 Å². The molecule has 0 aliphatic carbocycles. The first kappa shape index (κ1) is 22.4. The van der Waals surface area contributed by atoms with E-state index in [9.17, 15) is 9.90 Å². The van der Waals surface area contributed by atoms with Crippen LogP contribution in [0.25, 0.3) is 0 Å². The standard InChI is InChI=1S/C23H32N4O2/c1-4-17(2)22(29)27-21-12-8-9-18(13-21)14-25-23(24-3)26-15-20(16-28)19-10-6-5-7-11-19/h5-13,17,20,28H,4,14-16H2,1-3H3,(H,27,29)(H2,24,25,26). The molecule has 2 unspecified atom stereocenters. The largest absolute Gasteiger partial charge is 0.396 e. The van der Waals surface area contributed by atoms with Gasteiger partial charge in [0.05, 0.1) is 6.61 Å². The molecule has 0 bridgehead atoms. The molecule has 0 saturated carbocycles. The van der Waals surface area contributed by atoms with Gasteiger partial charge in [0.2, 0.25) is 5.91 Å². The van der Waals surface area contributed by atoms with Crippen LogP contribution in [0.3, 0.4) is 0 Å². The second kappa shape index (κ2) is 11.9. The van der Waals surface area contributed by atoms with Crippen LogP contribution in [0.2, 0.25) is 0 Å². The number of carbonyl (C=O) groups excluding carboxylic acids is 1. The van der Waals surface area contributed by atoms with Gasteiger partial charge in [-0.25, -0.2) is 0 Å². The number of hydrogen-bond donors (Lipinski definition) is 4. The molecule has 6 nitrogen and oxygen atoms in total. The number of hydrogen-bond acceptors (Lipinski definition) is 3. The third-order valence-corrected chi connectivity index (χ3v) is 4.95. The van der Waals surface area contributed by atoms with Gasteiger partial charge in [-0.2, -0.15) is 0 Å². The molecule has 0 heterocycles. The summed E-state index contributed by atoms with van der Waals surface area (Å²) in [5.41, 5.74) is 2.92. The Morgan fingerprint density at radius 3 is 2.52 bits per heavy atom. The molecular formula is C23H32N4O2. The van der Waals surface area contributed by atoms with E-state index in [1.165, 1.54) is 0 Å². The van der Waals surface area contributed by atoms with E-state index in [0.29, 0.717) is 19.0 Å². The number of carbonyl (C=O) groups is 1. The Morgan fingerprint density at radius 1 is 1.10 bits per heavy atom. The molecule has 2 atom stereocenters. The molecule has 1 amide bonds. The summed E-state index contributed by atoms with van der Waals surface area (Å²) in [5, 5.41) is 19.2. The molecule has 0 aliphatic heterocycles. The molecule has 0 aliphatic rings.